The lowest BCUT2D eigenvalue weighted by atomic mass is 9.74. The highest BCUT2D eigenvalue weighted by molar-refractivity contribution is 5.97. The van der Waals surface area contributed by atoms with Crippen molar-refractivity contribution in [1.82, 2.24) is 14.9 Å². The number of nitrogens with one attached hydrogen (secondary N) is 2. The monoisotopic (exact) mass is 331 g/mol. The first-order chi connectivity index (χ1) is 11.4. The average molecular weight is 331 g/mol. The normalized spacial score (nSPS) is 16.5. The molecular formula is C18H25N3O3. The summed E-state index contributed by atoms with van der Waals surface area (Å²) >= 11 is 0. The zero-order valence-corrected chi connectivity index (χ0v) is 14.5. The van der Waals surface area contributed by atoms with Crippen molar-refractivity contribution in [2.24, 2.45) is 18.4 Å². The van der Waals surface area contributed by atoms with Gasteiger partial charge in [0.1, 0.15) is 0 Å². The maximum absolute atomic E-state index is 12.5. The van der Waals surface area contributed by atoms with Crippen molar-refractivity contribution in [3.8, 4) is 0 Å². The maximum Gasteiger partial charge on any atom is 0.326 e. The summed E-state index contributed by atoms with van der Waals surface area (Å²) in [4.78, 5) is 26.9. The van der Waals surface area contributed by atoms with Crippen LogP contribution in [0.5, 0.6) is 0 Å². The molecule has 0 saturated carbocycles. The zero-order valence-electron chi connectivity index (χ0n) is 14.5. The first-order valence-corrected chi connectivity index (χ1v) is 8.43. The number of aryl methyl sites for hydroxylation is 1. The van der Waals surface area contributed by atoms with Gasteiger partial charge in [-0.2, -0.15) is 0 Å². The number of fused-ring (bicyclic) bond motifs is 1. The molecule has 2 N–H and O–H groups in total. The van der Waals surface area contributed by atoms with E-state index in [0.29, 0.717) is 23.5 Å². The fraction of sp³-hybridized carbons (Fsp3) is 0.556. The molecule has 0 aliphatic carbocycles. The molecule has 130 valence electrons. The molecule has 2 heterocycles. The molecule has 1 aromatic carbocycles. The molecule has 1 saturated heterocycles. The minimum atomic E-state index is -0.178. The van der Waals surface area contributed by atoms with Crippen molar-refractivity contribution in [2.45, 2.75) is 26.7 Å². The van der Waals surface area contributed by atoms with Crippen LogP contribution in [0.1, 0.15) is 37.0 Å². The number of amides is 1. The summed E-state index contributed by atoms with van der Waals surface area (Å²) < 4.78 is 6.96. The van der Waals surface area contributed by atoms with E-state index in [2.05, 4.69) is 24.1 Å². The SMILES string of the molecule is Cn1c(=O)[nH]c2cc(C(=O)NCC(C)(C)C3CCOCC3)ccc21. The molecule has 1 aliphatic heterocycles. The van der Waals surface area contributed by atoms with Gasteiger partial charge >= 0.3 is 5.69 Å². The van der Waals surface area contributed by atoms with Crippen LogP contribution in [0.2, 0.25) is 0 Å². The number of aromatic nitrogens is 2. The quantitative estimate of drug-likeness (QED) is 0.900. The van der Waals surface area contributed by atoms with Gasteiger partial charge in [0.25, 0.3) is 5.91 Å². The number of carbonyl (C=O) groups excluding carboxylic acids is 1. The van der Waals surface area contributed by atoms with Gasteiger partial charge in [-0.15, -0.1) is 0 Å². The van der Waals surface area contributed by atoms with Crippen LogP contribution in [0, 0.1) is 11.3 Å². The molecular weight excluding hydrogens is 306 g/mol. The third-order valence-corrected chi connectivity index (χ3v) is 5.20. The van der Waals surface area contributed by atoms with Crippen LogP contribution in [-0.2, 0) is 11.8 Å². The molecule has 1 aliphatic rings. The predicted octanol–water partition coefficient (Wildman–Crippen LogP) is 2.05. The molecule has 0 spiro atoms. The molecule has 2 aromatic rings. The lowest BCUT2D eigenvalue weighted by molar-refractivity contribution is 0.0228. The van der Waals surface area contributed by atoms with Crippen LogP contribution in [0.3, 0.4) is 0 Å². The first-order valence-electron chi connectivity index (χ1n) is 8.43. The summed E-state index contributed by atoms with van der Waals surface area (Å²) in [7, 11) is 1.71. The Hall–Kier alpha value is -2.08. The molecule has 3 rings (SSSR count). The Morgan fingerprint density at radius 1 is 1.38 bits per heavy atom. The molecule has 0 unspecified atom stereocenters. The average Bonchev–Trinajstić information content (AvgIpc) is 2.87. The Morgan fingerprint density at radius 2 is 2.08 bits per heavy atom. The third-order valence-electron chi connectivity index (χ3n) is 5.20. The summed E-state index contributed by atoms with van der Waals surface area (Å²) in [6.07, 6.45) is 2.08. The predicted molar refractivity (Wildman–Crippen MR) is 93.2 cm³/mol. The van der Waals surface area contributed by atoms with Gasteiger partial charge in [0.2, 0.25) is 0 Å². The summed E-state index contributed by atoms with van der Waals surface area (Å²) in [5.41, 5.74) is 1.89. The van der Waals surface area contributed by atoms with Gasteiger partial charge in [0.15, 0.2) is 0 Å². The van der Waals surface area contributed by atoms with Gasteiger partial charge in [-0.05, 0) is 42.4 Å². The maximum atomic E-state index is 12.5. The van der Waals surface area contributed by atoms with E-state index in [1.807, 2.05) is 0 Å². The van der Waals surface area contributed by atoms with Crippen LogP contribution in [0.4, 0.5) is 0 Å². The van der Waals surface area contributed by atoms with Gasteiger partial charge < -0.3 is 15.0 Å². The number of nitrogens with zero attached hydrogens (tertiary/aromatic N) is 1. The molecule has 6 nitrogen and oxygen atoms in total. The van der Waals surface area contributed by atoms with E-state index in [1.54, 1.807) is 25.2 Å². The summed E-state index contributed by atoms with van der Waals surface area (Å²) in [6.45, 7) is 6.63. The number of hydrogen-bond acceptors (Lipinski definition) is 3. The summed E-state index contributed by atoms with van der Waals surface area (Å²) in [5, 5.41) is 3.04. The fourth-order valence-corrected chi connectivity index (χ4v) is 3.41. The standard InChI is InChI=1S/C18H25N3O3/c1-18(2,13-6-8-24-9-7-13)11-19-16(22)12-4-5-15-14(10-12)20-17(23)21(15)3/h4-5,10,13H,6-9,11H2,1-3H3,(H,19,22)(H,20,23). The number of benzene rings is 1. The van der Waals surface area contributed by atoms with Crippen molar-refractivity contribution in [2.75, 3.05) is 19.8 Å². The van der Waals surface area contributed by atoms with Crippen LogP contribution in [-0.4, -0.2) is 35.2 Å². The highest BCUT2D eigenvalue weighted by Gasteiger charge is 2.31. The first kappa shape index (κ1) is 16.8. The fourth-order valence-electron chi connectivity index (χ4n) is 3.41. The van der Waals surface area contributed by atoms with Crippen molar-refractivity contribution in [3.05, 3.63) is 34.2 Å². The molecule has 0 radical (unpaired) electrons. The smallest absolute Gasteiger partial charge is 0.326 e. The molecule has 1 amide bonds. The number of rotatable bonds is 4. The number of carbonyl (C=O) groups is 1. The largest absolute Gasteiger partial charge is 0.381 e. The highest BCUT2D eigenvalue weighted by Crippen LogP contribution is 2.33. The summed E-state index contributed by atoms with van der Waals surface area (Å²) in [5.74, 6) is 0.446. The number of aromatic amines is 1. The topological polar surface area (TPSA) is 76.1 Å². The second-order valence-electron chi connectivity index (χ2n) is 7.28. The van der Waals surface area contributed by atoms with E-state index in [1.165, 1.54) is 4.57 Å². The molecule has 0 atom stereocenters. The second-order valence-corrected chi connectivity index (χ2v) is 7.28. The minimum Gasteiger partial charge on any atom is -0.381 e. The molecule has 1 fully saturated rings. The Kier molecular flexibility index (Phi) is 4.49. The number of H-pyrrole nitrogens is 1. The molecule has 1 aromatic heterocycles. The lowest BCUT2D eigenvalue weighted by Crippen LogP contribution is -2.40. The third kappa shape index (κ3) is 3.24. The van der Waals surface area contributed by atoms with Crippen LogP contribution in [0.15, 0.2) is 23.0 Å². The van der Waals surface area contributed by atoms with Crippen LogP contribution >= 0.6 is 0 Å². The van der Waals surface area contributed by atoms with Crippen molar-refractivity contribution < 1.29 is 9.53 Å². The van der Waals surface area contributed by atoms with E-state index in [9.17, 15) is 9.59 Å². The van der Waals surface area contributed by atoms with Gasteiger partial charge in [0.05, 0.1) is 11.0 Å². The van der Waals surface area contributed by atoms with Crippen molar-refractivity contribution >= 4 is 16.9 Å². The molecule has 6 heteroatoms. The minimum absolute atomic E-state index is 0.0323. The van der Waals surface area contributed by atoms with Gasteiger partial charge in [0, 0.05) is 32.4 Å². The van der Waals surface area contributed by atoms with Gasteiger partial charge in [-0.25, -0.2) is 4.79 Å². The number of ether oxygens (including phenoxy) is 1. The highest BCUT2D eigenvalue weighted by atomic mass is 16.5. The van der Waals surface area contributed by atoms with Gasteiger partial charge in [-0.1, -0.05) is 13.8 Å². The van der Waals surface area contributed by atoms with Crippen LogP contribution in [0.25, 0.3) is 11.0 Å². The summed E-state index contributed by atoms with van der Waals surface area (Å²) in [6, 6.07) is 5.28. The lowest BCUT2D eigenvalue weighted by Gasteiger charge is -2.37. The zero-order chi connectivity index (χ0) is 17.3. The Labute approximate surface area is 141 Å². The van der Waals surface area contributed by atoms with E-state index in [0.717, 1.165) is 31.6 Å². The second kappa shape index (κ2) is 6.43. The van der Waals surface area contributed by atoms with Gasteiger partial charge in [-0.3, -0.25) is 9.36 Å². The number of hydrogen-bond donors (Lipinski definition) is 2. The van der Waals surface area contributed by atoms with Crippen LogP contribution < -0.4 is 11.0 Å². The molecule has 0 bridgehead atoms. The van der Waals surface area contributed by atoms with E-state index < -0.39 is 0 Å². The van der Waals surface area contributed by atoms with E-state index in [4.69, 9.17) is 4.74 Å². The number of imidazole rings is 1. The Morgan fingerprint density at radius 3 is 2.79 bits per heavy atom. The van der Waals surface area contributed by atoms with E-state index >= 15 is 0 Å². The van der Waals surface area contributed by atoms with E-state index in [-0.39, 0.29) is 17.0 Å². The van der Waals surface area contributed by atoms with Crippen molar-refractivity contribution in [1.29, 1.82) is 0 Å². The Balaban J connectivity index is 1.69. The van der Waals surface area contributed by atoms with Crippen molar-refractivity contribution in [3.63, 3.8) is 0 Å². The molecule has 24 heavy (non-hydrogen) atoms. The Bertz CT molecular complexity index is 797.